The molecule has 5 aliphatic heterocycles. The lowest BCUT2D eigenvalue weighted by Gasteiger charge is -2.43. The molecule has 6 aromatic rings. The summed E-state index contributed by atoms with van der Waals surface area (Å²) in [5.74, 6) is 4.57. The van der Waals surface area contributed by atoms with Crippen molar-refractivity contribution in [3.05, 3.63) is 89.0 Å². The predicted molar refractivity (Wildman–Crippen MR) is 230 cm³/mol. The van der Waals surface area contributed by atoms with E-state index in [-0.39, 0.29) is 12.1 Å². The molecule has 0 spiro atoms. The fraction of sp³-hybridized carbons (Fsp3) is 0.333. The first-order valence-electron chi connectivity index (χ1n) is 20.7. The highest BCUT2D eigenvalue weighted by Gasteiger charge is 2.48. The molecule has 11 rings (SSSR count). The third-order valence-electron chi connectivity index (χ3n) is 12.2. The fourth-order valence-corrected chi connectivity index (χ4v) is 9.50. The van der Waals surface area contributed by atoms with E-state index in [4.69, 9.17) is 32.8 Å². The van der Waals surface area contributed by atoms with Gasteiger partial charge >= 0.3 is 0 Å². The quantitative estimate of drug-likeness (QED) is 0.160. The molecule has 0 saturated heterocycles. The number of aryl methyl sites for hydroxylation is 2. The molecule has 0 fully saturated rings. The molecule has 58 heavy (non-hydrogen) atoms. The molecule has 0 aliphatic carbocycles. The van der Waals surface area contributed by atoms with Gasteiger partial charge in [0.15, 0.2) is 34.5 Å². The first-order chi connectivity index (χ1) is 28.1. The first-order valence-corrected chi connectivity index (χ1v) is 20.7. The van der Waals surface area contributed by atoms with Crippen LogP contribution in [0.15, 0.2) is 71.1 Å². The average Bonchev–Trinajstić information content (AvgIpc) is 3.45. The van der Waals surface area contributed by atoms with Gasteiger partial charge in [-0.05, 0) is 102 Å². The molecule has 5 aliphatic rings. The van der Waals surface area contributed by atoms with Gasteiger partial charge < -0.3 is 42.6 Å². The monoisotopic (exact) mass is 774 g/mol. The van der Waals surface area contributed by atoms with E-state index in [1.54, 1.807) is 0 Å². The third kappa shape index (κ3) is 5.36. The molecule has 0 N–H and O–H groups in total. The minimum atomic E-state index is -0.257. The zero-order valence-corrected chi connectivity index (χ0v) is 34.0. The van der Waals surface area contributed by atoms with Crippen LogP contribution in [0.2, 0.25) is 0 Å². The van der Waals surface area contributed by atoms with E-state index in [1.807, 2.05) is 6.07 Å². The number of benzene rings is 5. The molecule has 0 radical (unpaired) electrons. The Morgan fingerprint density at radius 1 is 0.569 bits per heavy atom. The van der Waals surface area contributed by atoms with E-state index < -0.39 is 0 Å². The summed E-state index contributed by atoms with van der Waals surface area (Å²) in [7, 11) is 0. The van der Waals surface area contributed by atoms with Crippen LogP contribution in [0.25, 0.3) is 11.0 Å². The van der Waals surface area contributed by atoms with Gasteiger partial charge in [-0.1, -0.05) is 26.8 Å². The summed E-state index contributed by atoms with van der Waals surface area (Å²) in [6.07, 6.45) is 2.48. The summed E-state index contributed by atoms with van der Waals surface area (Å²) in [5.41, 5.74) is 14.6. The number of rotatable bonds is 2. The molecule has 6 heterocycles. The van der Waals surface area contributed by atoms with Gasteiger partial charge in [0.25, 0.3) is 6.71 Å². The van der Waals surface area contributed by atoms with Crippen LogP contribution in [-0.2, 0) is 5.41 Å². The van der Waals surface area contributed by atoms with Gasteiger partial charge in [0.2, 0.25) is 0 Å². The van der Waals surface area contributed by atoms with Gasteiger partial charge in [0.1, 0.15) is 5.58 Å². The summed E-state index contributed by atoms with van der Waals surface area (Å²) in [4.78, 5) is 4.81. The van der Waals surface area contributed by atoms with Crippen molar-refractivity contribution in [2.75, 3.05) is 49.4 Å². The van der Waals surface area contributed by atoms with Crippen molar-refractivity contribution in [3.63, 3.8) is 0 Å². The minimum absolute atomic E-state index is 0.0733. The molecule has 0 atom stereocenters. The Morgan fingerprint density at radius 3 is 1.93 bits per heavy atom. The first kappa shape index (κ1) is 35.3. The minimum Gasteiger partial charge on any atom is -0.490 e. The SMILES string of the molecule is Cc1cc2c3c(c1)N(c1c(C)cc4c(c1C)OCCCO4)c1c(oc4ccc(C(C)(C)C)cc14)B3c1cc3c(cc1N2c1ccc2c(c1)OCCCO2)OCCCO3. The zero-order valence-electron chi connectivity index (χ0n) is 34.0. The van der Waals surface area contributed by atoms with Crippen LogP contribution in [0, 0.1) is 20.8 Å². The van der Waals surface area contributed by atoms with E-state index >= 15 is 0 Å². The highest BCUT2D eigenvalue weighted by Crippen LogP contribution is 2.53. The summed E-state index contributed by atoms with van der Waals surface area (Å²) < 4.78 is 45.2. The average molecular weight is 775 g/mol. The van der Waals surface area contributed by atoms with Gasteiger partial charge in [-0.3, -0.25) is 0 Å². The lowest BCUT2D eigenvalue weighted by molar-refractivity contribution is 0.296. The van der Waals surface area contributed by atoms with Crippen LogP contribution in [0.5, 0.6) is 34.5 Å². The summed E-state index contributed by atoms with van der Waals surface area (Å²) in [6, 6.07) is 24.1. The van der Waals surface area contributed by atoms with Crippen molar-refractivity contribution in [2.24, 2.45) is 0 Å². The second-order valence-electron chi connectivity index (χ2n) is 17.2. The van der Waals surface area contributed by atoms with Crippen molar-refractivity contribution in [1.29, 1.82) is 0 Å². The molecule has 0 bridgehead atoms. The normalized spacial score (nSPS) is 16.6. The van der Waals surface area contributed by atoms with Gasteiger partial charge in [-0.25, -0.2) is 0 Å². The van der Waals surface area contributed by atoms with Crippen LogP contribution in [0.1, 0.15) is 62.3 Å². The van der Waals surface area contributed by atoms with Gasteiger partial charge in [0, 0.05) is 59.4 Å². The van der Waals surface area contributed by atoms with Crippen LogP contribution in [0.3, 0.4) is 0 Å². The van der Waals surface area contributed by atoms with E-state index in [0.29, 0.717) is 39.6 Å². The van der Waals surface area contributed by atoms with Gasteiger partial charge in [0.05, 0.1) is 62.4 Å². The molecule has 9 nitrogen and oxygen atoms in total. The third-order valence-corrected chi connectivity index (χ3v) is 12.2. The molecule has 0 amide bonds. The van der Waals surface area contributed by atoms with Crippen molar-refractivity contribution in [3.8, 4) is 34.5 Å². The van der Waals surface area contributed by atoms with Crippen LogP contribution in [0.4, 0.5) is 34.1 Å². The molecule has 294 valence electrons. The Bertz CT molecular complexity index is 2680. The molecular weight excluding hydrogens is 727 g/mol. The van der Waals surface area contributed by atoms with Gasteiger partial charge in [-0.15, -0.1) is 0 Å². The van der Waals surface area contributed by atoms with Crippen LogP contribution in [-0.4, -0.2) is 46.4 Å². The smallest absolute Gasteiger partial charge is 0.297 e. The van der Waals surface area contributed by atoms with E-state index in [2.05, 4.69) is 112 Å². The molecule has 5 aromatic carbocycles. The summed E-state index contributed by atoms with van der Waals surface area (Å²) in [5, 5.41) is 1.07. The van der Waals surface area contributed by atoms with Crippen molar-refractivity contribution in [1.82, 2.24) is 0 Å². The van der Waals surface area contributed by atoms with Crippen molar-refractivity contribution >= 4 is 68.4 Å². The number of ether oxygens (including phenoxy) is 6. The Hall–Kier alpha value is -5.90. The maximum Gasteiger partial charge on any atom is 0.297 e. The highest BCUT2D eigenvalue weighted by molar-refractivity contribution is 7.00. The Kier molecular flexibility index (Phi) is 7.95. The topological polar surface area (TPSA) is 75.0 Å². The number of hydrogen-bond acceptors (Lipinski definition) is 9. The number of nitrogens with zero attached hydrogens (tertiary/aromatic N) is 2. The molecule has 0 saturated carbocycles. The number of anilines is 6. The number of furan rings is 1. The maximum atomic E-state index is 7.23. The Labute approximate surface area is 339 Å². The highest BCUT2D eigenvalue weighted by atomic mass is 16.5. The summed E-state index contributed by atoms with van der Waals surface area (Å²) >= 11 is 0. The summed E-state index contributed by atoms with van der Waals surface area (Å²) in [6.45, 7) is 16.7. The van der Waals surface area contributed by atoms with Crippen molar-refractivity contribution < 1.29 is 32.8 Å². The zero-order chi connectivity index (χ0) is 39.4. The molecular formula is C48H47BN2O7. The number of fused-ring (bicyclic) bond motifs is 9. The van der Waals surface area contributed by atoms with Crippen LogP contribution >= 0.6 is 0 Å². The lowest BCUT2D eigenvalue weighted by Crippen LogP contribution is -2.61. The van der Waals surface area contributed by atoms with E-state index in [9.17, 15) is 0 Å². The number of hydrogen-bond donors (Lipinski definition) is 0. The standard InChI is InChI=1S/C48H47BN2O7/c1-27-20-35-43-36(21-27)51(44-28(2)22-42-46(29(44)3)57-19-9-18-56-42)45-32-23-30(48(4,5)6)10-12-37(32)58-47(45)49(43)33-25-40-41(55-17-8-16-54-40)26-34(33)50(35)31-11-13-38-39(24-31)53-15-7-14-52-38/h10-13,20-26H,7-9,14-19H2,1-6H3. The maximum absolute atomic E-state index is 7.23. The van der Waals surface area contributed by atoms with E-state index in [0.717, 1.165) is 132 Å². The Morgan fingerprint density at radius 2 is 1.21 bits per heavy atom. The second-order valence-corrected chi connectivity index (χ2v) is 17.2. The second kappa shape index (κ2) is 13.1. The predicted octanol–water partition coefficient (Wildman–Crippen LogP) is 9.22. The van der Waals surface area contributed by atoms with Crippen molar-refractivity contribution in [2.45, 2.75) is 66.2 Å². The van der Waals surface area contributed by atoms with Gasteiger partial charge in [-0.2, -0.15) is 0 Å². The van der Waals surface area contributed by atoms with E-state index in [1.165, 1.54) is 5.56 Å². The molecule has 1 aromatic heterocycles. The molecule has 10 heteroatoms. The Balaban J connectivity index is 1.25. The largest absolute Gasteiger partial charge is 0.490 e. The molecule has 0 unspecified atom stereocenters. The van der Waals surface area contributed by atoms with Crippen LogP contribution < -0.4 is 54.8 Å². The lowest BCUT2D eigenvalue weighted by atomic mass is 9.35. The fourth-order valence-electron chi connectivity index (χ4n) is 9.50.